The van der Waals surface area contributed by atoms with Gasteiger partial charge in [0.2, 0.25) is 0 Å². The maximum absolute atomic E-state index is 12.1. The molecule has 0 unspecified atom stereocenters. The zero-order valence-electron chi connectivity index (χ0n) is 14.3. The van der Waals surface area contributed by atoms with Gasteiger partial charge < -0.3 is 18.8 Å². The van der Waals surface area contributed by atoms with E-state index in [1.165, 1.54) is 26.5 Å². The number of carbonyl (C=O) groups excluding carboxylic acids is 2. The number of rotatable bonds is 5. The molecule has 1 aromatic heterocycles. The van der Waals surface area contributed by atoms with Crippen molar-refractivity contribution in [1.82, 2.24) is 4.57 Å². The summed E-state index contributed by atoms with van der Waals surface area (Å²) in [6.07, 6.45) is 4.40. The summed E-state index contributed by atoms with van der Waals surface area (Å²) in [5.74, 6) is 0.313. The summed E-state index contributed by atoms with van der Waals surface area (Å²) in [7, 11) is 2.62. The Kier molecular flexibility index (Phi) is 5.03. The third-order valence-electron chi connectivity index (χ3n) is 3.76. The summed E-state index contributed by atoms with van der Waals surface area (Å²) in [6.45, 7) is 0. The number of hydrogen-bond donors (Lipinski definition) is 0. The fraction of sp³-hybridized carbons (Fsp3) is 0.100. The molecule has 2 aromatic carbocycles. The minimum absolute atomic E-state index is 0.371. The minimum Gasteiger partial charge on any atom is -0.466 e. The molecule has 0 bridgehead atoms. The number of para-hydroxylation sites is 1. The summed E-state index contributed by atoms with van der Waals surface area (Å²) < 4.78 is 16.9. The van der Waals surface area contributed by atoms with E-state index in [1.54, 1.807) is 22.9 Å². The molecule has 1 heterocycles. The van der Waals surface area contributed by atoms with Gasteiger partial charge in [0.05, 0.1) is 25.3 Å². The van der Waals surface area contributed by atoms with Gasteiger partial charge in [-0.15, -0.1) is 0 Å². The molecule has 0 atom stereocenters. The van der Waals surface area contributed by atoms with Crippen LogP contribution >= 0.6 is 0 Å². The number of carbonyl (C=O) groups is 2. The number of methoxy groups -OCH3 is 2. The summed E-state index contributed by atoms with van der Waals surface area (Å²) in [5.41, 5.74) is 1.10. The van der Waals surface area contributed by atoms with E-state index >= 15 is 0 Å². The average molecular weight is 351 g/mol. The van der Waals surface area contributed by atoms with Crippen molar-refractivity contribution in [3.63, 3.8) is 0 Å². The summed E-state index contributed by atoms with van der Waals surface area (Å²) in [5, 5.41) is 0.653. The van der Waals surface area contributed by atoms with E-state index in [-0.39, 0.29) is 0 Å². The molecule has 0 aliphatic heterocycles. The SMILES string of the molecule is COC(=O)/C=C/n1cc(C(=O)OC)c2cc(Oc3ccccc3)ccc21. The van der Waals surface area contributed by atoms with Gasteiger partial charge in [-0.3, -0.25) is 0 Å². The zero-order chi connectivity index (χ0) is 18.5. The van der Waals surface area contributed by atoms with Crippen LogP contribution in [0.4, 0.5) is 0 Å². The Balaban J connectivity index is 2.04. The van der Waals surface area contributed by atoms with Crippen LogP contribution in [0.25, 0.3) is 17.1 Å². The molecular weight excluding hydrogens is 334 g/mol. The Morgan fingerprint density at radius 2 is 1.73 bits per heavy atom. The van der Waals surface area contributed by atoms with Crippen molar-refractivity contribution in [3.05, 3.63) is 66.4 Å². The first-order valence-corrected chi connectivity index (χ1v) is 7.84. The number of nitrogens with zero attached hydrogens (tertiary/aromatic N) is 1. The highest BCUT2D eigenvalue weighted by atomic mass is 16.5. The Labute approximate surface area is 150 Å². The molecule has 6 heteroatoms. The van der Waals surface area contributed by atoms with E-state index in [4.69, 9.17) is 9.47 Å². The van der Waals surface area contributed by atoms with Gasteiger partial charge in [-0.1, -0.05) is 18.2 Å². The molecule has 0 N–H and O–H groups in total. The Bertz CT molecular complexity index is 973. The summed E-state index contributed by atoms with van der Waals surface area (Å²) in [4.78, 5) is 23.5. The Morgan fingerprint density at radius 3 is 2.42 bits per heavy atom. The minimum atomic E-state index is -0.490. The molecule has 3 rings (SSSR count). The molecular formula is C20H17NO5. The van der Waals surface area contributed by atoms with Crippen molar-refractivity contribution < 1.29 is 23.8 Å². The molecule has 3 aromatic rings. The number of aromatic nitrogens is 1. The molecule has 0 fully saturated rings. The second kappa shape index (κ2) is 7.57. The lowest BCUT2D eigenvalue weighted by Crippen LogP contribution is -1.99. The van der Waals surface area contributed by atoms with E-state index < -0.39 is 11.9 Å². The van der Waals surface area contributed by atoms with Crippen LogP contribution in [0.5, 0.6) is 11.5 Å². The first kappa shape index (κ1) is 17.3. The fourth-order valence-electron chi connectivity index (χ4n) is 2.53. The van der Waals surface area contributed by atoms with Crippen molar-refractivity contribution in [2.75, 3.05) is 14.2 Å². The first-order chi connectivity index (χ1) is 12.6. The normalized spacial score (nSPS) is 10.8. The maximum atomic E-state index is 12.1. The number of ether oxygens (including phenoxy) is 3. The number of benzene rings is 2. The van der Waals surface area contributed by atoms with E-state index in [1.807, 2.05) is 36.4 Å². The van der Waals surface area contributed by atoms with E-state index in [0.29, 0.717) is 22.4 Å². The van der Waals surface area contributed by atoms with Gasteiger partial charge in [-0.05, 0) is 30.3 Å². The van der Waals surface area contributed by atoms with Crippen molar-refractivity contribution in [2.45, 2.75) is 0 Å². The second-order valence-electron chi connectivity index (χ2n) is 5.37. The first-order valence-electron chi connectivity index (χ1n) is 7.84. The van der Waals surface area contributed by atoms with E-state index in [2.05, 4.69) is 4.74 Å². The molecule has 6 nitrogen and oxygen atoms in total. The highest BCUT2D eigenvalue weighted by Crippen LogP contribution is 2.29. The lowest BCUT2D eigenvalue weighted by Gasteiger charge is -2.06. The molecule has 0 saturated carbocycles. The fourth-order valence-corrected chi connectivity index (χ4v) is 2.53. The van der Waals surface area contributed by atoms with Crippen molar-refractivity contribution in [1.29, 1.82) is 0 Å². The van der Waals surface area contributed by atoms with E-state index in [0.717, 1.165) is 5.52 Å². The molecule has 0 spiro atoms. The third-order valence-corrected chi connectivity index (χ3v) is 3.76. The van der Waals surface area contributed by atoms with Crippen LogP contribution in [0.1, 0.15) is 10.4 Å². The quantitative estimate of drug-likeness (QED) is 0.516. The summed E-state index contributed by atoms with van der Waals surface area (Å²) in [6, 6.07) is 14.7. The highest BCUT2D eigenvalue weighted by Gasteiger charge is 2.16. The molecule has 0 amide bonds. The monoisotopic (exact) mass is 351 g/mol. The van der Waals surface area contributed by atoms with Crippen molar-refractivity contribution in [2.24, 2.45) is 0 Å². The van der Waals surface area contributed by atoms with Crippen LogP contribution in [-0.2, 0) is 14.3 Å². The maximum Gasteiger partial charge on any atom is 0.340 e. The van der Waals surface area contributed by atoms with Crippen LogP contribution in [0.3, 0.4) is 0 Å². The van der Waals surface area contributed by atoms with Gasteiger partial charge in [0.25, 0.3) is 0 Å². The van der Waals surface area contributed by atoms with E-state index in [9.17, 15) is 9.59 Å². The predicted octanol–water partition coefficient (Wildman–Crippen LogP) is 3.86. The van der Waals surface area contributed by atoms with Gasteiger partial charge in [0, 0.05) is 23.9 Å². The van der Waals surface area contributed by atoms with Gasteiger partial charge in [-0.25, -0.2) is 9.59 Å². The molecule has 26 heavy (non-hydrogen) atoms. The predicted molar refractivity (Wildman–Crippen MR) is 97.1 cm³/mol. The van der Waals surface area contributed by atoms with Crippen LogP contribution in [-0.4, -0.2) is 30.7 Å². The molecule has 0 saturated heterocycles. The number of fused-ring (bicyclic) bond motifs is 1. The average Bonchev–Trinajstić information content (AvgIpc) is 3.04. The molecule has 0 aliphatic rings. The number of hydrogen-bond acceptors (Lipinski definition) is 5. The highest BCUT2D eigenvalue weighted by molar-refractivity contribution is 6.05. The van der Waals surface area contributed by atoms with Gasteiger partial charge in [-0.2, -0.15) is 0 Å². The standard InChI is InChI=1S/C20H17NO5/c1-24-19(22)10-11-21-13-17(20(23)25-2)16-12-15(8-9-18(16)21)26-14-6-4-3-5-7-14/h3-13H,1-2H3/b11-10+. The van der Waals surface area contributed by atoms with Crippen LogP contribution in [0, 0.1) is 0 Å². The van der Waals surface area contributed by atoms with Crippen molar-refractivity contribution >= 4 is 29.0 Å². The number of esters is 2. The van der Waals surface area contributed by atoms with Crippen LogP contribution < -0.4 is 4.74 Å². The Hall–Kier alpha value is -3.54. The second-order valence-corrected chi connectivity index (χ2v) is 5.37. The van der Waals surface area contributed by atoms with Crippen LogP contribution in [0.2, 0.25) is 0 Å². The molecule has 0 aliphatic carbocycles. The van der Waals surface area contributed by atoms with Crippen LogP contribution in [0.15, 0.2) is 60.8 Å². The smallest absolute Gasteiger partial charge is 0.340 e. The lowest BCUT2D eigenvalue weighted by molar-refractivity contribution is -0.134. The Morgan fingerprint density at radius 1 is 0.962 bits per heavy atom. The molecule has 0 radical (unpaired) electrons. The third kappa shape index (κ3) is 3.59. The largest absolute Gasteiger partial charge is 0.466 e. The van der Waals surface area contributed by atoms with Gasteiger partial charge in [0.1, 0.15) is 11.5 Å². The summed E-state index contributed by atoms with van der Waals surface area (Å²) >= 11 is 0. The molecule has 132 valence electrons. The topological polar surface area (TPSA) is 66.8 Å². The lowest BCUT2D eigenvalue weighted by atomic mass is 10.1. The van der Waals surface area contributed by atoms with Gasteiger partial charge >= 0.3 is 11.9 Å². The van der Waals surface area contributed by atoms with Crippen molar-refractivity contribution in [3.8, 4) is 11.5 Å². The zero-order valence-corrected chi connectivity index (χ0v) is 14.3. The van der Waals surface area contributed by atoms with Gasteiger partial charge in [0.15, 0.2) is 0 Å².